The maximum Gasteiger partial charge on any atom is 0.504 e. The fourth-order valence-electron chi connectivity index (χ4n) is 2.68. The highest BCUT2D eigenvalue weighted by Crippen LogP contribution is 2.15. The number of methoxy groups -OCH3 is 1. The minimum absolute atomic E-state index is 0.0583. The molecule has 2 N–H and O–H groups in total. The number of esters is 2. The van der Waals surface area contributed by atoms with Crippen molar-refractivity contribution in [3.63, 3.8) is 0 Å². The van der Waals surface area contributed by atoms with Crippen molar-refractivity contribution < 1.29 is 28.8 Å². The average Bonchev–Trinajstić information content (AvgIpc) is 2.72. The third-order valence-corrected chi connectivity index (χ3v) is 4.74. The molecule has 0 aliphatic carbocycles. The number of allylic oxidation sites excluding steroid dienone is 2. The SMILES string of the molecule is CC/C(C)=C(\CC)B(O)ON[C@H](C(=O)OCc1ccc(C(=O)OC)cc1)C(C)C. The molecule has 7 nitrogen and oxygen atoms in total. The van der Waals surface area contributed by atoms with Gasteiger partial charge >= 0.3 is 19.1 Å². The molecule has 1 aromatic carbocycles. The van der Waals surface area contributed by atoms with Crippen LogP contribution in [0.15, 0.2) is 35.3 Å². The number of benzene rings is 1. The smallest absolute Gasteiger partial charge is 0.465 e. The summed E-state index contributed by atoms with van der Waals surface area (Å²) >= 11 is 0. The van der Waals surface area contributed by atoms with Gasteiger partial charge in [-0.2, -0.15) is 0 Å². The monoisotopic (exact) mass is 405 g/mol. The predicted molar refractivity (Wildman–Crippen MR) is 112 cm³/mol. The lowest BCUT2D eigenvalue weighted by atomic mass is 9.74. The van der Waals surface area contributed by atoms with E-state index in [0.29, 0.717) is 12.0 Å². The van der Waals surface area contributed by atoms with Gasteiger partial charge < -0.3 is 19.3 Å². The van der Waals surface area contributed by atoms with Crippen molar-refractivity contribution in [3.05, 3.63) is 46.4 Å². The van der Waals surface area contributed by atoms with Crippen molar-refractivity contribution >= 4 is 19.1 Å². The van der Waals surface area contributed by atoms with Crippen molar-refractivity contribution in [2.75, 3.05) is 7.11 Å². The van der Waals surface area contributed by atoms with Crippen LogP contribution in [-0.4, -0.2) is 37.2 Å². The topological polar surface area (TPSA) is 94.1 Å². The zero-order valence-electron chi connectivity index (χ0n) is 18.2. The fourth-order valence-corrected chi connectivity index (χ4v) is 2.68. The maximum atomic E-state index is 12.5. The van der Waals surface area contributed by atoms with Crippen LogP contribution in [0.3, 0.4) is 0 Å². The lowest BCUT2D eigenvalue weighted by Gasteiger charge is -2.22. The van der Waals surface area contributed by atoms with Crippen LogP contribution >= 0.6 is 0 Å². The van der Waals surface area contributed by atoms with Gasteiger partial charge in [-0.3, -0.25) is 4.79 Å². The molecule has 29 heavy (non-hydrogen) atoms. The summed E-state index contributed by atoms with van der Waals surface area (Å²) < 4.78 is 15.4. The second kappa shape index (κ2) is 12.4. The molecule has 0 spiro atoms. The molecular formula is C21H32BNO6. The number of carbonyl (C=O) groups excluding carboxylic acids is 2. The summed E-state index contributed by atoms with van der Waals surface area (Å²) in [7, 11) is 0.193. The van der Waals surface area contributed by atoms with Gasteiger partial charge in [0.05, 0.1) is 12.7 Å². The van der Waals surface area contributed by atoms with E-state index in [1.165, 1.54) is 7.11 Å². The first-order valence-electron chi connectivity index (χ1n) is 9.86. The van der Waals surface area contributed by atoms with Crippen LogP contribution < -0.4 is 5.48 Å². The van der Waals surface area contributed by atoms with Gasteiger partial charge in [-0.05, 0) is 48.9 Å². The van der Waals surface area contributed by atoms with E-state index < -0.39 is 25.1 Å². The first-order valence-corrected chi connectivity index (χ1v) is 9.86. The Morgan fingerprint density at radius 2 is 1.76 bits per heavy atom. The number of hydrogen-bond donors (Lipinski definition) is 2. The van der Waals surface area contributed by atoms with E-state index in [1.54, 1.807) is 24.3 Å². The molecule has 0 unspecified atom stereocenters. The molecule has 0 fully saturated rings. The minimum Gasteiger partial charge on any atom is -0.465 e. The van der Waals surface area contributed by atoms with E-state index in [-0.39, 0.29) is 12.5 Å². The molecule has 0 bridgehead atoms. The van der Waals surface area contributed by atoms with Crippen molar-refractivity contribution in [1.82, 2.24) is 5.48 Å². The summed E-state index contributed by atoms with van der Waals surface area (Å²) in [6, 6.07) is 5.88. The fraction of sp³-hybridized carbons (Fsp3) is 0.524. The predicted octanol–water partition coefficient (Wildman–Crippen LogP) is 3.22. The quantitative estimate of drug-likeness (QED) is 0.332. The molecule has 0 aromatic heterocycles. The largest absolute Gasteiger partial charge is 0.504 e. The Balaban J connectivity index is 2.67. The standard InChI is InChI=1S/C21H32BNO6/c1-7-15(5)18(8-2)22(26)29-23-19(14(3)4)21(25)28-13-16-9-11-17(12-10-16)20(24)27-6/h9-12,14,19,23,26H,7-8,13H2,1-6H3/b18-15+/t19-/m0/s1. The molecule has 0 aliphatic rings. The molecule has 1 rings (SSSR count). The second-order valence-corrected chi connectivity index (χ2v) is 7.12. The van der Waals surface area contributed by atoms with Gasteiger partial charge in [-0.1, -0.05) is 45.4 Å². The number of hydroxylamine groups is 1. The summed E-state index contributed by atoms with van der Waals surface area (Å²) in [6.07, 6.45) is 1.47. The first-order chi connectivity index (χ1) is 13.7. The van der Waals surface area contributed by atoms with Gasteiger partial charge in [0.15, 0.2) is 0 Å². The van der Waals surface area contributed by atoms with Gasteiger partial charge in [0.1, 0.15) is 12.6 Å². The van der Waals surface area contributed by atoms with Crippen molar-refractivity contribution in [3.8, 4) is 0 Å². The van der Waals surface area contributed by atoms with Crippen LogP contribution in [0.25, 0.3) is 0 Å². The molecule has 0 heterocycles. The Morgan fingerprint density at radius 1 is 1.14 bits per heavy atom. The third-order valence-electron chi connectivity index (χ3n) is 4.74. The molecule has 0 amide bonds. The third kappa shape index (κ3) is 7.64. The molecular weight excluding hydrogens is 373 g/mol. The zero-order chi connectivity index (χ0) is 22.0. The van der Waals surface area contributed by atoms with Crippen LogP contribution in [0.4, 0.5) is 0 Å². The highest BCUT2D eigenvalue weighted by Gasteiger charge is 2.28. The highest BCUT2D eigenvalue weighted by molar-refractivity contribution is 6.52. The van der Waals surface area contributed by atoms with Gasteiger partial charge in [-0.25, -0.2) is 10.3 Å². The van der Waals surface area contributed by atoms with Gasteiger partial charge in [0.25, 0.3) is 0 Å². The Bertz CT molecular complexity index is 702. The Morgan fingerprint density at radius 3 is 2.24 bits per heavy atom. The van der Waals surface area contributed by atoms with Crippen LogP contribution in [-0.2, 0) is 25.6 Å². The van der Waals surface area contributed by atoms with E-state index in [4.69, 9.17) is 9.49 Å². The zero-order valence-corrected chi connectivity index (χ0v) is 18.2. The maximum absolute atomic E-state index is 12.5. The molecule has 0 saturated heterocycles. The molecule has 8 heteroatoms. The molecule has 1 aromatic rings. The van der Waals surface area contributed by atoms with Crippen LogP contribution in [0, 0.1) is 5.92 Å². The van der Waals surface area contributed by atoms with Crippen LogP contribution in [0.2, 0.25) is 0 Å². The molecule has 0 radical (unpaired) electrons. The number of hydrogen-bond acceptors (Lipinski definition) is 7. The summed E-state index contributed by atoms with van der Waals surface area (Å²) in [5, 5.41) is 10.3. The molecule has 160 valence electrons. The number of nitrogens with one attached hydrogen (secondary N) is 1. The number of ether oxygens (including phenoxy) is 2. The van der Waals surface area contributed by atoms with E-state index in [1.807, 2.05) is 34.6 Å². The van der Waals surface area contributed by atoms with Gasteiger partial charge in [0.2, 0.25) is 0 Å². The van der Waals surface area contributed by atoms with Crippen molar-refractivity contribution in [2.45, 2.75) is 60.1 Å². The minimum atomic E-state index is -1.13. The summed E-state index contributed by atoms with van der Waals surface area (Å²) in [6.45, 7) is 9.67. The van der Waals surface area contributed by atoms with E-state index in [9.17, 15) is 14.6 Å². The summed E-state index contributed by atoms with van der Waals surface area (Å²) in [5.74, 6) is -1.02. The lowest BCUT2D eigenvalue weighted by molar-refractivity contribution is -0.151. The summed E-state index contributed by atoms with van der Waals surface area (Å²) in [5.41, 5.74) is 5.67. The number of carbonyl (C=O) groups is 2. The van der Waals surface area contributed by atoms with Gasteiger partial charge in [0, 0.05) is 0 Å². The normalized spacial score (nSPS) is 13.0. The lowest BCUT2D eigenvalue weighted by Crippen LogP contribution is -2.45. The summed E-state index contributed by atoms with van der Waals surface area (Å²) in [4.78, 5) is 23.9. The first kappa shape index (κ1) is 24.9. The molecule has 1 atom stereocenters. The van der Waals surface area contributed by atoms with Crippen molar-refractivity contribution in [2.24, 2.45) is 5.92 Å². The molecule has 0 saturated carbocycles. The van der Waals surface area contributed by atoms with E-state index >= 15 is 0 Å². The molecule has 0 aliphatic heterocycles. The Kier molecular flexibility index (Phi) is 10.7. The van der Waals surface area contributed by atoms with E-state index in [0.717, 1.165) is 23.0 Å². The van der Waals surface area contributed by atoms with E-state index in [2.05, 4.69) is 10.2 Å². The Labute approximate surface area is 173 Å². The van der Waals surface area contributed by atoms with Crippen molar-refractivity contribution in [1.29, 1.82) is 0 Å². The van der Waals surface area contributed by atoms with Crippen LogP contribution in [0.5, 0.6) is 0 Å². The highest BCUT2D eigenvalue weighted by atomic mass is 16.7. The number of rotatable bonds is 11. The van der Waals surface area contributed by atoms with Gasteiger partial charge in [-0.15, -0.1) is 0 Å². The Hall–Kier alpha value is -2.16. The second-order valence-electron chi connectivity index (χ2n) is 7.12. The van der Waals surface area contributed by atoms with Crippen LogP contribution in [0.1, 0.15) is 63.4 Å². The average molecular weight is 405 g/mol.